The quantitative estimate of drug-likeness (QED) is 0.208. The maximum Gasteiger partial charge on any atom is 0.306 e. The SMILES string of the molecule is CCc1cccc(CNC[C@@H](OC(=O)CCC(=O)Nc2nnc(CC3CCCC3)s2)[C@@H](N)Cc2cc(F)cc(F)c2)c1. The van der Waals surface area contributed by atoms with Crippen molar-refractivity contribution in [2.75, 3.05) is 11.9 Å². The standard InChI is InChI=1S/C31H39F2N5O3S/c1-2-20-8-5-9-22(12-20)18-35-19-27(26(34)15-23-13-24(32)17-25(33)14-23)41-30(40)11-10-28(39)36-31-38-37-29(42-31)16-21-6-3-4-7-21/h5,8-9,12-14,17,21,26-27,35H,2-4,6-7,10-11,15-16,18-19,34H2,1H3,(H,36,38,39)/t26-,27+/m0/s1. The topological polar surface area (TPSA) is 119 Å². The summed E-state index contributed by atoms with van der Waals surface area (Å²) in [5.41, 5.74) is 9.03. The number of aromatic nitrogens is 2. The number of aryl methyl sites for hydroxylation is 1. The molecule has 226 valence electrons. The molecular weight excluding hydrogens is 560 g/mol. The van der Waals surface area contributed by atoms with Gasteiger partial charge in [-0.3, -0.25) is 9.59 Å². The van der Waals surface area contributed by atoms with Crippen molar-refractivity contribution in [1.29, 1.82) is 0 Å². The van der Waals surface area contributed by atoms with Gasteiger partial charge in [0.1, 0.15) is 22.7 Å². The van der Waals surface area contributed by atoms with Gasteiger partial charge < -0.3 is 21.1 Å². The summed E-state index contributed by atoms with van der Waals surface area (Å²) >= 11 is 1.36. The van der Waals surface area contributed by atoms with Crippen LogP contribution in [0.1, 0.15) is 67.1 Å². The van der Waals surface area contributed by atoms with Crippen LogP contribution in [-0.4, -0.2) is 40.8 Å². The average molecular weight is 600 g/mol. The number of amides is 1. The zero-order valence-corrected chi connectivity index (χ0v) is 24.7. The van der Waals surface area contributed by atoms with E-state index in [2.05, 4.69) is 39.9 Å². The highest BCUT2D eigenvalue weighted by molar-refractivity contribution is 7.15. The fourth-order valence-corrected chi connectivity index (χ4v) is 6.07. The Labute approximate surface area is 249 Å². The molecule has 1 fully saturated rings. The summed E-state index contributed by atoms with van der Waals surface area (Å²) in [5.74, 6) is -1.73. The maximum absolute atomic E-state index is 13.7. The van der Waals surface area contributed by atoms with Crippen molar-refractivity contribution in [2.24, 2.45) is 11.7 Å². The van der Waals surface area contributed by atoms with E-state index in [9.17, 15) is 18.4 Å². The van der Waals surface area contributed by atoms with Crippen molar-refractivity contribution < 1.29 is 23.1 Å². The molecule has 3 aromatic rings. The third-order valence-corrected chi connectivity index (χ3v) is 8.30. The number of nitrogens with zero attached hydrogens (tertiary/aromatic N) is 2. The Kier molecular flexibility index (Phi) is 11.9. The summed E-state index contributed by atoms with van der Waals surface area (Å²) in [6.07, 6.45) is 5.76. The Morgan fingerprint density at radius 3 is 2.52 bits per heavy atom. The Morgan fingerprint density at radius 2 is 1.79 bits per heavy atom. The molecule has 8 nitrogen and oxygen atoms in total. The molecule has 2 aromatic carbocycles. The summed E-state index contributed by atoms with van der Waals surface area (Å²) in [7, 11) is 0. The predicted molar refractivity (Wildman–Crippen MR) is 159 cm³/mol. The molecule has 1 aliphatic carbocycles. The van der Waals surface area contributed by atoms with Crippen LogP contribution in [0.4, 0.5) is 13.9 Å². The lowest BCUT2D eigenvalue weighted by atomic mass is 10.0. The van der Waals surface area contributed by atoms with Crippen LogP contribution in [0.2, 0.25) is 0 Å². The van der Waals surface area contributed by atoms with Crippen LogP contribution in [0.25, 0.3) is 0 Å². The molecule has 42 heavy (non-hydrogen) atoms. The van der Waals surface area contributed by atoms with Gasteiger partial charge in [-0.1, -0.05) is 68.2 Å². The van der Waals surface area contributed by atoms with Gasteiger partial charge in [-0.25, -0.2) is 8.78 Å². The van der Waals surface area contributed by atoms with Crippen LogP contribution >= 0.6 is 11.3 Å². The molecule has 1 aromatic heterocycles. The fraction of sp³-hybridized carbons (Fsp3) is 0.484. The normalized spacial score (nSPS) is 15.0. The Balaban J connectivity index is 1.30. The number of nitrogens with one attached hydrogen (secondary N) is 2. The molecule has 0 radical (unpaired) electrons. The first-order valence-electron chi connectivity index (χ1n) is 14.6. The summed E-state index contributed by atoms with van der Waals surface area (Å²) in [4.78, 5) is 25.2. The van der Waals surface area contributed by atoms with Crippen molar-refractivity contribution in [3.63, 3.8) is 0 Å². The molecule has 11 heteroatoms. The highest BCUT2D eigenvalue weighted by atomic mass is 32.1. The van der Waals surface area contributed by atoms with Crippen molar-refractivity contribution in [3.8, 4) is 0 Å². The van der Waals surface area contributed by atoms with E-state index in [4.69, 9.17) is 10.5 Å². The van der Waals surface area contributed by atoms with Crippen LogP contribution < -0.4 is 16.4 Å². The van der Waals surface area contributed by atoms with Crippen LogP contribution in [0.5, 0.6) is 0 Å². The van der Waals surface area contributed by atoms with Crippen molar-refractivity contribution in [2.45, 2.75) is 83.4 Å². The number of carbonyl (C=O) groups excluding carboxylic acids is 2. The summed E-state index contributed by atoms with van der Waals surface area (Å²) in [5, 5.41) is 15.6. The van der Waals surface area contributed by atoms with Crippen molar-refractivity contribution in [3.05, 3.63) is 75.8 Å². The first-order chi connectivity index (χ1) is 20.3. The zero-order valence-electron chi connectivity index (χ0n) is 23.9. The molecule has 1 saturated carbocycles. The van der Waals surface area contributed by atoms with E-state index in [1.807, 2.05) is 12.1 Å². The highest BCUT2D eigenvalue weighted by Gasteiger charge is 2.24. The molecule has 2 atom stereocenters. The summed E-state index contributed by atoms with van der Waals surface area (Å²) in [6, 6.07) is 10.6. The average Bonchev–Trinajstić information content (AvgIpc) is 3.63. The van der Waals surface area contributed by atoms with Gasteiger partial charge in [-0.2, -0.15) is 0 Å². The second-order valence-electron chi connectivity index (χ2n) is 10.9. The van der Waals surface area contributed by atoms with Crippen molar-refractivity contribution in [1.82, 2.24) is 15.5 Å². The predicted octanol–water partition coefficient (Wildman–Crippen LogP) is 5.10. The van der Waals surface area contributed by atoms with Crippen molar-refractivity contribution >= 4 is 28.3 Å². The smallest absolute Gasteiger partial charge is 0.306 e. The molecule has 4 rings (SSSR count). The molecule has 0 unspecified atom stereocenters. The minimum atomic E-state index is -0.789. The second kappa shape index (κ2) is 15.8. The van der Waals surface area contributed by atoms with Gasteiger partial charge in [-0.15, -0.1) is 10.2 Å². The number of esters is 1. The third-order valence-electron chi connectivity index (χ3n) is 7.44. The summed E-state index contributed by atoms with van der Waals surface area (Å²) in [6.45, 7) is 2.83. The second-order valence-corrected chi connectivity index (χ2v) is 11.9. The van der Waals surface area contributed by atoms with Gasteiger partial charge in [0, 0.05) is 38.0 Å². The van der Waals surface area contributed by atoms with Crippen LogP contribution in [0.15, 0.2) is 42.5 Å². The van der Waals surface area contributed by atoms with E-state index in [0.29, 0.717) is 23.2 Å². The number of rotatable bonds is 15. The van der Waals surface area contributed by atoms with E-state index in [-0.39, 0.29) is 31.7 Å². The van der Waals surface area contributed by atoms with E-state index in [1.165, 1.54) is 54.7 Å². The number of ether oxygens (including phenoxy) is 1. The monoisotopic (exact) mass is 599 g/mol. The minimum absolute atomic E-state index is 0.0926. The molecule has 0 saturated heterocycles. The Bertz CT molecular complexity index is 1310. The van der Waals surface area contributed by atoms with E-state index in [1.54, 1.807) is 0 Å². The highest BCUT2D eigenvalue weighted by Crippen LogP contribution is 2.29. The van der Waals surface area contributed by atoms with E-state index >= 15 is 0 Å². The largest absolute Gasteiger partial charge is 0.459 e. The van der Waals surface area contributed by atoms with Gasteiger partial charge in [0.2, 0.25) is 11.0 Å². The van der Waals surface area contributed by atoms with Crippen LogP contribution in [0, 0.1) is 17.6 Å². The first-order valence-corrected chi connectivity index (χ1v) is 15.4. The molecule has 1 heterocycles. The van der Waals surface area contributed by atoms with Crippen LogP contribution in [0.3, 0.4) is 0 Å². The third kappa shape index (κ3) is 10.2. The Hall–Kier alpha value is -3.28. The zero-order chi connectivity index (χ0) is 29.9. The first kappa shape index (κ1) is 31.7. The lowest BCUT2D eigenvalue weighted by Crippen LogP contribution is -2.46. The van der Waals surface area contributed by atoms with E-state index < -0.39 is 29.7 Å². The molecule has 0 aliphatic heterocycles. The molecule has 0 spiro atoms. The van der Waals surface area contributed by atoms with Gasteiger partial charge in [0.15, 0.2) is 0 Å². The van der Waals surface area contributed by atoms with E-state index in [0.717, 1.165) is 29.5 Å². The van der Waals surface area contributed by atoms with Gasteiger partial charge in [-0.05, 0) is 47.6 Å². The van der Waals surface area contributed by atoms with Gasteiger partial charge >= 0.3 is 5.97 Å². The lowest BCUT2D eigenvalue weighted by Gasteiger charge is -2.25. The molecule has 1 aliphatic rings. The lowest BCUT2D eigenvalue weighted by molar-refractivity contribution is -0.150. The van der Waals surface area contributed by atoms with Gasteiger partial charge in [0.25, 0.3) is 0 Å². The van der Waals surface area contributed by atoms with Gasteiger partial charge in [0.05, 0.1) is 6.42 Å². The fourth-order valence-electron chi connectivity index (χ4n) is 5.20. The number of benzene rings is 2. The number of nitrogens with two attached hydrogens (primary N) is 1. The van der Waals surface area contributed by atoms with Crippen LogP contribution in [-0.2, 0) is 40.1 Å². The maximum atomic E-state index is 13.7. The number of hydrogen-bond acceptors (Lipinski definition) is 8. The number of anilines is 1. The number of halogens is 2. The molecule has 4 N–H and O–H groups in total. The number of hydrogen-bond donors (Lipinski definition) is 3. The molecule has 1 amide bonds. The minimum Gasteiger partial charge on any atom is -0.459 e. The molecular formula is C31H39F2N5O3S. The Morgan fingerprint density at radius 1 is 1.05 bits per heavy atom. The number of carbonyl (C=O) groups is 2. The summed E-state index contributed by atoms with van der Waals surface area (Å²) < 4.78 is 33.2. The molecule has 0 bridgehead atoms.